The summed E-state index contributed by atoms with van der Waals surface area (Å²) in [6.07, 6.45) is 3.38. The quantitative estimate of drug-likeness (QED) is 0.757. The molecule has 14 heavy (non-hydrogen) atoms. The largest absolute Gasteiger partial charge is 0.381 e. The van der Waals surface area contributed by atoms with Gasteiger partial charge in [0.2, 0.25) is 0 Å². The number of nitrogen functional groups attached to an aromatic ring is 1. The Bertz CT molecular complexity index is 426. The van der Waals surface area contributed by atoms with E-state index in [0.717, 1.165) is 0 Å². The van der Waals surface area contributed by atoms with Crippen LogP contribution in [0.5, 0.6) is 0 Å². The van der Waals surface area contributed by atoms with Crippen molar-refractivity contribution in [2.45, 2.75) is 19.9 Å². The summed E-state index contributed by atoms with van der Waals surface area (Å²) in [4.78, 5) is 1.41. The van der Waals surface area contributed by atoms with Crippen molar-refractivity contribution in [3.63, 3.8) is 0 Å². The number of aromatic nitrogens is 5. The van der Waals surface area contributed by atoms with E-state index in [-0.39, 0.29) is 0 Å². The van der Waals surface area contributed by atoms with Crippen molar-refractivity contribution >= 4 is 5.82 Å². The molecule has 6 nitrogen and oxygen atoms in total. The Balaban J connectivity index is 2.33. The zero-order valence-corrected chi connectivity index (χ0v) is 8.12. The van der Waals surface area contributed by atoms with Crippen LogP contribution in [0.3, 0.4) is 0 Å². The van der Waals surface area contributed by atoms with E-state index in [1.807, 2.05) is 16.9 Å². The molecular formula is C8H12N6. The summed E-state index contributed by atoms with van der Waals surface area (Å²) in [5.41, 5.74) is 5.45. The van der Waals surface area contributed by atoms with Crippen LogP contribution in [0.1, 0.15) is 19.9 Å². The maximum absolute atomic E-state index is 5.45. The monoisotopic (exact) mass is 192 g/mol. The highest BCUT2D eigenvalue weighted by atomic mass is 15.5. The Morgan fingerprint density at radius 1 is 1.36 bits per heavy atom. The molecule has 0 atom stereocenters. The fourth-order valence-corrected chi connectivity index (χ4v) is 1.11. The first-order valence-corrected chi connectivity index (χ1v) is 4.40. The molecule has 0 spiro atoms. The smallest absolute Gasteiger partial charge is 0.195 e. The van der Waals surface area contributed by atoms with Crippen LogP contribution in [-0.2, 0) is 0 Å². The number of nitrogens with zero attached hydrogens (tertiary/aromatic N) is 5. The van der Waals surface area contributed by atoms with Crippen LogP contribution in [0, 0.1) is 0 Å². The highest BCUT2D eigenvalue weighted by molar-refractivity contribution is 5.24. The van der Waals surface area contributed by atoms with Gasteiger partial charge in [0.15, 0.2) is 11.6 Å². The average Bonchev–Trinajstić information content (AvgIpc) is 2.70. The Hall–Kier alpha value is -1.85. The minimum atomic E-state index is 0.330. The van der Waals surface area contributed by atoms with E-state index < -0.39 is 0 Å². The van der Waals surface area contributed by atoms with E-state index in [9.17, 15) is 0 Å². The fraction of sp³-hybridized carbons (Fsp3) is 0.375. The number of rotatable bonds is 2. The van der Waals surface area contributed by atoms with Gasteiger partial charge in [-0.2, -0.15) is 10.2 Å². The second kappa shape index (κ2) is 3.13. The SMILES string of the molecule is CC(C)n1ccc(-n2ncc(N)n2)n1. The molecule has 0 saturated heterocycles. The number of anilines is 1. The van der Waals surface area contributed by atoms with Crippen LogP contribution in [0.25, 0.3) is 5.82 Å². The predicted molar refractivity (Wildman–Crippen MR) is 51.9 cm³/mol. The molecule has 2 aromatic rings. The van der Waals surface area contributed by atoms with E-state index in [0.29, 0.717) is 17.7 Å². The van der Waals surface area contributed by atoms with Gasteiger partial charge < -0.3 is 5.73 Å². The summed E-state index contributed by atoms with van der Waals surface area (Å²) in [5.74, 6) is 1.07. The topological polar surface area (TPSA) is 74.5 Å². The molecule has 2 aromatic heterocycles. The van der Waals surface area contributed by atoms with E-state index in [2.05, 4.69) is 29.1 Å². The molecule has 0 radical (unpaired) electrons. The first-order chi connectivity index (χ1) is 6.66. The third-order valence-corrected chi connectivity index (χ3v) is 1.84. The van der Waals surface area contributed by atoms with Gasteiger partial charge in [-0.15, -0.1) is 9.90 Å². The second-order valence-electron chi connectivity index (χ2n) is 3.31. The van der Waals surface area contributed by atoms with Crippen LogP contribution in [0.4, 0.5) is 5.82 Å². The van der Waals surface area contributed by atoms with Crippen molar-refractivity contribution in [1.82, 2.24) is 24.8 Å². The van der Waals surface area contributed by atoms with Crippen molar-refractivity contribution in [3.05, 3.63) is 18.5 Å². The molecule has 0 fully saturated rings. The van der Waals surface area contributed by atoms with Crippen LogP contribution < -0.4 is 5.73 Å². The standard InChI is InChI=1S/C8H12N6/c1-6(2)13-4-3-8(12-13)14-10-5-7(9)11-14/h3-6H,1-2H3,(H2,9,11). The van der Waals surface area contributed by atoms with E-state index in [4.69, 9.17) is 5.73 Å². The lowest BCUT2D eigenvalue weighted by atomic mass is 10.4. The van der Waals surface area contributed by atoms with Crippen molar-refractivity contribution in [2.75, 3.05) is 5.73 Å². The summed E-state index contributed by atoms with van der Waals surface area (Å²) in [6, 6.07) is 2.18. The lowest BCUT2D eigenvalue weighted by Gasteiger charge is -2.02. The molecule has 2 rings (SSSR count). The molecule has 2 heterocycles. The average molecular weight is 192 g/mol. The second-order valence-corrected chi connectivity index (χ2v) is 3.31. The zero-order valence-electron chi connectivity index (χ0n) is 8.12. The predicted octanol–water partition coefficient (Wildman–Crippen LogP) is 0.627. The molecule has 0 aliphatic heterocycles. The summed E-state index contributed by atoms with van der Waals surface area (Å²) in [6.45, 7) is 4.11. The number of nitrogens with two attached hydrogens (primary N) is 1. The van der Waals surface area contributed by atoms with Gasteiger partial charge >= 0.3 is 0 Å². The Kier molecular flexibility index (Phi) is 1.95. The molecule has 0 amide bonds. The van der Waals surface area contributed by atoms with Crippen LogP contribution in [0.2, 0.25) is 0 Å². The van der Waals surface area contributed by atoms with Crippen LogP contribution in [-0.4, -0.2) is 24.8 Å². The highest BCUT2D eigenvalue weighted by Crippen LogP contribution is 2.07. The maximum atomic E-state index is 5.45. The van der Waals surface area contributed by atoms with E-state index >= 15 is 0 Å². The molecule has 2 N–H and O–H groups in total. The van der Waals surface area contributed by atoms with E-state index in [1.54, 1.807) is 0 Å². The Morgan fingerprint density at radius 3 is 2.64 bits per heavy atom. The van der Waals surface area contributed by atoms with Crippen molar-refractivity contribution in [3.8, 4) is 5.82 Å². The molecule has 0 bridgehead atoms. The zero-order chi connectivity index (χ0) is 10.1. The number of hydrogen-bond donors (Lipinski definition) is 1. The fourth-order valence-electron chi connectivity index (χ4n) is 1.11. The van der Waals surface area contributed by atoms with Crippen molar-refractivity contribution < 1.29 is 0 Å². The summed E-state index contributed by atoms with van der Waals surface area (Å²) in [5, 5.41) is 12.2. The molecular weight excluding hydrogens is 180 g/mol. The molecule has 0 unspecified atom stereocenters. The summed E-state index contributed by atoms with van der Waals surface area (Å²) in [7, 11) is 0. The lowest BCUT2D eigenvalue weighted by molar-refractivity contribution is 0.524. The number of hydrogen-bond acceptors (Lipinski definition) is 4. The molecule has 0 aliphatic rings. The van der Waals surface area contributed by atoms with Gasteiger partial charge in [-0.3, -0.25) is 4.68 Å². The molecule has 0 aliphatic carbocycles. The van der Waals surface area contributed by atoms with Crippen molar-refractivity contribution in [1.29, 1.82) is 0 Å². The normalized spacial score (nSPS) is 11.1. The Morgan fingerprint density at radius 2 is 2.14 bits per heavy atom. The van der Waals surface area contributed by atoms with E-state index in [1.165, 1.54) is 11.0 Å². The highest BCUT2D eigenvalue weighted by Gasteiger charge is 2.05. The van der Waals surface area contributed by atoms with Gasteiger partial charge in [-0.1, -0.05) is 0 Å². The molecule has 6 heteroatoms. The third-order valence-electron chi connectivity index (χ3n) is 1.84. The molecule has 0 saturated carbocycles. The maximum Gasteiger partial charge on any atom is 0.195 e. The van der Waals surface area contributed by atoms with Crippen LogP contribution >= 0.6 is 0 Å². The van der Waals surface area contributed by atoms with Gasteiger partial charge in [0.05, 0.1) is 6.20 Å². The lowest BCUT2D eigenvalue weighted by Crippen LogP contribution is -2.05. The first kappa shape index (κ1) is 8.74. The minimum absolute atomic E-state index is 0.330. The first-order valence-electron chi connectivity index (χ1n) is 4.40. The molecule has 74 valence electrons. The van der Waals surface area contributed by atoms with Gasteiger partial charge in [0.1, 0.15) is 0 Å². The van der Waals surface area contributed by atoms with Gasteiger partial charge in [0.25, 0.3) is 0 Å². The van der Waals surface area contributed by atoms with Gasteiger partial charge in [-0.05, 0) is 13.8 Å². The summed E-state index contributed by atoms with van der Waals surface area (Å²) < 4.78 is 1.84. The minimum Gasteiger partial charge on any atom is -0.381 e. The molecule has 0 aromatic carbocycles. The third kappa shape index (κ3) is 1.46. The van der Waals surface area contributed by atoms with Gasteiger partial charge in [-0.25, -0.2) is 0 Å². The van der Waals surface area contributed by atoms with Crippen molar-refractivity contribution in [2.24, 2.45) is 0 Å². The Labute approximate surface area is 81.3 Å². The van der Waals surface area contributed by atoms with Gasteiger partial charge in [0, 0.05) is 18.3 Å². The van der Waals surface area contributed by atoms with Crippen LogP contribution in [0.15, 0.2) is 18.5 Å². The summed E-state index contributed by atoms with van der Waals surface area (Å²) >= 11 is 0.